The zero-order valence-corrected chi connectivity index (χ0v) is 19.1. The third-order valence-corrected chi connectivity index (χ3v) is 5.59. The zero-order chi connectivity index (χ0) is 24.0. The smallest absolute Gasteiger partial charge is 0.255 e. The van der Waals surface area contributed by atoms with Crippen LogP contribution in [-0.2, 0) is 4.74 Å². The van der Waals surface area contributed by atoms with Gasteiger partial charge in [0, 0.05) is 48.5 Å². The zero-order valence-electron chi connectivity index (χ0n) is 19.1. The minimum Gasteiger partial charge on any atom is -0.497 e. The lowest BCUT2D eigenvalue weighted by atomic mass is 10.1. The van der Waals surface area contributed by atoms with Crippen LogP contribution in [0.5, 0.6) is 17.4 Å². The Kier molecular flexibility index (Phi) is 6.58. The molecule has 0 spiro atoms. The van der Waals surface area contributed by atoms with Crippen molar-refractivity contribution in [3.63, 3.8) is 0 Å². The van der Waals surface area contributed by atoms with Gasteiger partial charge in [-0.15, -0.1) is 0 Å². The summed E-state index contributed by atoms with van der Waals surface area (Å²) in [6, 6.07) is 14.6. The molecule has 0 radical (unpaired) electrons. The van der Waals surface area contributed by atoms with Crippen LogP contribution in [0.1, 0.15) is 22.2 Å². The molecule has 0 N–H and O–H groups in total. The summed E-state index contributed by atoms with van der Waals surface area (Å²) in [7, 11) is 1.62. The molecular weight excluding hydrogens is 446 g/mol. The number of amides is 1. The van der Waals surface area contributed by atoms with Crippen molar-refractivity contribution < 1.29 is 19.0 Å². The Morgan fingerprint density at radius 1 is 0.971 bits per heavy atom. The number of ether oxygens (including phenoxy) is 3. The van der Waals surface area contributed by atoms with E-state index in [0.717, 1.165) is 16.9 Å². The van der Waals surface area contributed by atoms with E-state index in [1.54, 1.807) is 48.9 Å². The van der Waals surface area contributed by atoms with Crippen molar-refractivity contribution in [2.45, 2.75) is 6.10 Å². The Balaban J connectivity index is 1.29. The molecule has 1 atom stereocenters. The molecule has 4 aromatic rings. The molecule has 0 bridgehead atoms. The molecule has 0 aliphatic carbocycles. The minimum absolute atomic E-state index is 0.116. The summed E-state index contributed by atoms with van der Waals surface area (Å²) >= 11 is 0. The fourth-order valence-electron chi connectivity index (χ4n) is 3.79. The second-order valence-corrected chi connectivity index (χ2v) is 7.88. The first-order chi connectivity index (χ1) is 17.2. The van der Waals surface area contributed by atoms with Crippen molar-refractivity contribution in [2.24, 2.45) is 0 Å². The number of rotatable bonds is 6. The van der Waals surface area contributed by atoms with E-state index in [2.05, 4.69) is 19.9 Å². The maximum atomic E-state index is 13.3. The van der Waals surface area contributed by atoms with Gasteiger partial charge in [-0.1, -0.05) is 6.07 Å². The van der Waals surface area contributed by atoms with Crippen LogP contribution in [0.2, 0.25) is 0 Å². The second-order valence-electron chi connectivity index (χ2n) is 7.88. The van der Waals surface area contributed by atoms with Crippen molar-refractivity contribution in [3.8, 4) is 28.5 Å². The molecule has 1 saturated heterocycles. The van der Waals surface area contributed by atoms with E-state index in [0.29, 0.717) is 42.6 Å². The van der Waals surface area contributed by atoms with E-state index in [-0.39, 0.29) is 12.0 Å². The highest BCUT2D eigenvalue weighted by Gasteiger charge is 2.27. The number of pyridine rings is 2. The first kappa shape index (κ1) is 22.4. The number of hydrogen-bond donors (Lipinski definition) is 0. The fourth-order valence-corrected chi connectivity index (χ4v) is 3.79. The molecule has 5 rings (SSSR count). The van der Waals surface area contributed by atoms with Crippen LogP contribution in [0.4, 0.5) is 0 Å². The molecule has 4 heterocycles. The predicted octanol–water partition coefficient (Wildman–Crippen LogP) is 3.95. The summed E-state index contributed by atoms with van der Waals surface area (Å²) in [6.45, 7) is 1.26. The molecule has 1 aliphatic heterocycles. The number of carbonyl (C=O) groups is 1. The van der Waals surface area contributed by atoms with Crippen molar-refractivity contribution >= 4 is 5.91 Å². The van der Waals surface area contributed by atoms with Gasteiger partial charge in [0.25, 0.3) is 5.91 Å². The quantitative estimate of drug-likeness (QED) is 0.419. The summed E-state index contributed by atoms with van der Waals surface area (Å²) in [5.41, 5.74) is 2.78. The first-order valence-corrected chi connectivity index (χ1v) is 11.1. The Bertz CT molecular complexity index is 1300. The molecule has 9 heteroatoms. The molecule has 9 nitrogen and oxygen atoms in total. The number of hydrogen-bond acceptors (Lipinski definition) is 8. The first-order valence-electron chi connectivity index (χ1n) is 11.1. The standard InChI is InChI=1S/C26H23N5O4/c1-33-21-5-7-22(8-6-21)35-25-4-2-3-23(30-25)24-16-31(9-10-34-24)26(32)19-11-18(12-27-13-19)20-14-28-17-29-15-20/h2-8,11-15,17,24H,9-10,16H2,1H3. The molecule has 0 saturated carbocycles. The lowest BCUT2D eigenvalue weighted by Crippen LogP contribution is -2.42. The van der Waals surface area contributed by atoms with Crippen LogP contribution >= 0.6 is 0 Å². The summed E-state index contributed by atoms with van der Waals surface area (Å²) in [6.07, 6.45) is 7.74. The van der Waals surface area contributed by atoms with Gasteiger partial charge in [-0.05, 0) is 36.4 Å². The highest BCUT2D eigenvalue weighted by Crippen LogP contribution is 2.27. The molecule has 3 aromatic heterocycles. The van der Waals surface area contributed by atoms with Gasteiger partial charge in [-0.25, -0.2) is 15.0 Å². The third kappa shape index (κ3) is 5.25. The summed E-state index contributed by atoms with van der Waals surface area (Å²) < 4.78 is 17.0. The lowest BCUT2D eigenvalue weighted by Gasteiger charge is -2.32. The monoisotopic (exact) mass is 469 g/mol. The SMILES string of the molecule is COc1ccc(Oc2cccc(C3CN(C(=O)c4cncc(-c5cncnc5)c4)CCO3)n2)cc1. The molecule has 35 heavy (non-hydrogen) atoms. The normalized spacial score (nSPS) is 15.5. The van der Waals surface area contributed by atoms with Crippen LogP contribution in [0, 0.1) is 0 Å². The van der Waals surface area contributed by atoms with Gasteiger partial charge in [-0.3, -0.25) is 9.78 Å². The average Bonchev–Trinajstić information content (AvgIpc) is 2.94. The van der Waals surface area contributed by atoms with E-state index in [1.807, 2.05) is 36.4 Å². The molecule has 1 aliphatic rings. The summed E-state index contributed by atoms with van der Waals surface area (Å²) in [5.74, 6) is 1.72. The van der Waals surface area contributed by atoms with Crippen LogP contribution in [0.25, 0.3) is 11.1 Å². The molecule has 1 aromatic carbocycles. The van der Waals surface area contributed by atoms with Crippen molar-refractivity contribution in [2.75, 3.05) is 26.8 Å². The van der Waals surface area contributed by atoms with Crippen LogP contribution in [-0.4, -0.2) is 57.5 Å². The maximum Gasteiger partial charge on any atom is 0.255 e. The summed E-state index contributed by atoms with van der Waals surface area (Å²) in [4.78, 5) is 32.0. The van der Waals surface area contributed by atoms with E-state index < -0.39 is 0 Å². The van der Waals surface area contributed by atoms with Gasteiger partial charge in [-0.2, -0.15) is 0 Å². The number of methoxy groups -OCH3 is 1. The van der Waals surface area contributed by atoms with Gasteiger partial charge in [0.1, 0.15) is 23.9 Å². The van der Waals surface area contributed by atoms with E-state index in [1.165, 1.54) is 6.33 Å². The Morgan fingerprint density at radius 2 is 1.74 bits per heavy atom. The molecular formula is C26H23N5O4. The number of nitrogens with zero attached hydrogens (tertiary/aromatic N) is 5. The third-order valence-electron chi connectivity index (χ3n) is 5.59. The largest absolute Gasteiger partial charge is 0.497 e. The molecule has 1 unspecified atom stereocenters. The van der Waals surface area contributed by atoms with Crippen LogP contribution < -0.4 is 9.47 Å². The maximum absolute atomic E-state index is 13.3. The van der Waals surface area contributed by atoms with Crippen LogP contribution in [0.15, 0.2) is 79.6 Å². The van der Waals surface area contributed by atoms with Crippen molar-refractivity contribution in [1.29, 1.82) is 0 Å². The minimum atomic E-state index is -0.370. The van der Waals surface area contributed by atoms with E-state index >= 15 is 0 Å². The van der Waals surface area contributed by atoms with Crippen molar-refractivity contribution in [3.05, 3.63) is 90.9 Å². The molecule has 1 amide bonds. The van der Waals surface area contributed by atoms with Crippen molar-refractivity contribution in [1.82, 2.24) is 24.8 Å². The Hall–Kier alpha value is -4.37. The van der Waals surface area contributed by atoms with E-state index in [9.17, 15) is 4.79 Å². The number of aromatic nitrogens is 4. The number of benzene rings is 1. The molecule has 1 fully saturated rings. The fraction of sp³-hybridized carbons (Fsp3) is 0.192. The van der Waals surface area contributed by atoms with Gasteiger partial charge in [0.05, 0.1) is 31.5 Å². The van der Waals surface area contributed by atoms with Gasteiger partial charge >= 0.3 is 0 Å². The van der Waals surface area contributed by atoms with Gasteiger partial charge in [0.2, 0.25) is 5.88 Å². The highest BCUT2D eigenvalue weighted by atomic mass is 16.5. The summed E-state index contributed by atoms with van der Waals surface area (Å²) in [5, 5.41) is 0. The number of carbonyl (C=O) groups excluding carboxylic acids is 1. The van der Waals surface area contributed by atoms with E-state index in [4.69, 9.17) is 14.2 Å². The highest BCUT2D eigenvalue weighted by molar-refractivity contribution is 5.95. The Morgan fingerprint density at radius 3 is 2.54 bits per heavy atom. The second kappa shape index (κ2) is 10.3. The topological polar surface area (TPSA) is 99.6 Å². The molecule has 176 valence electrons. The lowest BCUT2D eigenvalue weighted by molar-refractivity contribution is -0.0248. The van der Waals surface area contributed by atoms with Crippen LogP contribution in [0.3, 0.4) is 0 Å². The number of morpholine rings is 1. The predicted molar refractivity (Wildman–Crippen MR) is 127 cm³/mol. The van der Waals surface area contributed by atoms with Gasteiger partial charge in [0.15, 0.2) is 0 Å². The average molecular weight is 470 g/mol. The Labute approximate surface area is 202 Å². The van der Waals surface area contributed by atoms with Gasteiger partial charge < -0.3 is 19.1 Å².